The van der Waals surface area contributed by atoms with Gasteiger partial charge in [-0.25, -0.2) is 0 Å². The Balaban J connectivity index is 2.54. The van der Waals surface area contributed by atoms with Gasteiger partial charge in [-0.2, -0.15) is 13.2 Å². The van der Waals surface area contributed by atoms with Crippen LogP contribution < -0.4 is 0 Å². The molecule has 0 N–H and O–H groups in total. The van der Waals surface area contributed by atoms with Crippen LogP contribution in [0.5, 0.6) is 0 Å². The van der Waals surface area contributed by atoms with E-state index in [1.165, 1.54) is 18.4 Å². The molecule has 0 aliphatic carbocycles. The van der Waals surface area contributed by atoms with Gasteiger partial charge in [0.25, 0.3) is 0 Å². The summed E-state index contributed by atoms with van der Waals surface area (Å²) in [5.41, 5.74) is 0.880. The zero-order valence-corrected chi connectivity index (χ0v) is 8.38. The SMILES string of the molecule is Cc1ccc(C(F)(F)F)cc1-c1ccon1. The van der Waals surface area contributed by atoms with Crippen molar-refractivity contribution in [3.63, 3.8) is 0 Å². The molecule has 0 aliphatic rings. The molecule has 2 nitrogen and oxygen atoms in total. The standard InChI is InChI=1S/C11H8F3NO/c1-7-2-3-8(11(12,13)14)6-9(7)10-4-5-16-15-10/h2-6H,1H3. The van der Waals surface area contributed by atoms with Gasteiger partial charge in [-0.3, -0.25) is 0 Å². The maximum absolute atomic E-state index is 12.5. The van der Waals surface area contributed by atoms with Gasteiger partial charge in [-0.05, 0) is 24.6 Å². The largest absolute Gasteiger partial charge is 0.416 e. The second kappa shape index (κ2) is 3.66. The van der Waals surface area contributed by atoms with E-state index in [-0.39, 0.29) is 0 Å². The van der Waals surface area contributed by atoms with Crippen molar-refractivity contribution in [2.75, 3.05) is 0 Å². The Morgan fingerprint density at radius 2 is 1.94 bits per heavy atom. The minimum absolute atomic E-state index is 0.406. The van der Waals surface area contributed by atoms with Crippen LogP contribution in [0.4, 0.5) is 13.2 Å². The Kier molecular flexibility index (Phi) is 2.46. The molecule has 0 fully saturated rings. The van der Waals surface area contributed by atoms with Gasteiger partial charge in [-0.15, -0.1) is 0 Å². The van der Waals surface area contributed by atoms with Crippen LogP contribution in [-0.2, 0) is 6.18 Å². The Morgan fingerprint density at radius 3 is 2.50 bits per heavy atom. The summed E-state index contributed by atoms with van der Waals surface area (Å²) in [5.74, 6) is 0. The van der Waals surface area contributed by atoms with E-state index < -0.39 is 11.7 Å². The first-order chi connectivity index (χ1) is 7.48. The number of hydrogen-bond donors (Lipinski definition) is 0. The Hall–Kier alpha value is -1.78. The van der Waals surface area contributed by atoms with Crippen LogP contribution >= 0.6 is 0 Å². The highest BCUT2D eigenvalue weighted by molar-refractivity contribution is 5.63. The summed E-state index contributed by atoms with van der Waals surface area (Å²) in [5, 5.41) is 3.63. The number of benzene rings is 1. The van der Waals surface area contributed by atoms with Crippen LogP contribution in [0.15, 0.2) is 35.1 Å². The summed E-state index contributed by atoms with van der Waals surface area (Å²) in [7, 11) is 0. The van der Waals surface area contributed by atoms with E-state index >= 15 is 0 Å². The molecule has 1 aromatic carbocycles. The fourth-order valence-corrected chi connectivity index (χ4v) is 1.43. The van der Waals surface area contributed by atoms with Crippen molar-refractivity contribution in [2.24, 2.45) is 0 Å². The highest BCUT2D eigenvalue weighted by Crippen LogP contribution is 2.33. The van der Waals surface area contributed by atoms with Gasteiger partial charge in [0.1, 0.15) is 12.0 Å². The summed E-state index contributed by atoms with van der Waals surface area (Å²) < 4.78 is 42.1. The number of nitrogens with zero attached hydrogens (tertiary/aromatic N) is 1. The highest BCUT2D eigenvalue weighted by atomic mass is 19.4. The van der Waals surface area contributed by atoms with Crippen molar-refractivity contribution in [3.05, 3.63) is 41.7 Å². The second-order valence-electron chi connectivity index (χ2n) is 3.41. The third-order valence-corrected chi connectivity index (χ3v) is 2.28. The predicted octanol–water partition coefficient (Wildman–Crippen LogP) is 3.67. The van der Waals surface area contributed by atoms with Crippen LogP contribution in [0, 0.1) is 6.92 Å². The summed E-state index contributed by atoms with van der Waals surface area (Å²) in [4.78, 5) is 0. The highest BCUT2D eigenvalue weighted by Gasteiger charge is 2.31. The van der Waals surface area contributed by atoms with Crippen LogP contribution in [0.25, 0.3) is 11.3 Å². The third kappa shape index (κ3) is 1.93. The number of aromatic nitrogens is 1. The number of alkyl halides is 3. The average molecular weight is 227 g/mol. The first-order valence-corrected chi connectivity index (χ1v) is 4.57. The lowest BCUT2D eigenvalue weighted by molar-refractivity contribution is -0.137. The number of aryl methyl sites for hydroxylation is 1. The van der Waals surface area contributed by atoms with Crippen LogP contribution in [0.1, 0.15) is 11.1 Å². The molecular formula is C11H8F3NO. The molecule has 0 saturated carbocycles. The molecule has 16 heavy (non-hydrogen) atoms. The summed E-state index contributed by atoms with van der Waals surface area (Å²) >= 11 is 0. The fraction of sp³-hybridized carbons (Fsp3) is 0.182. The maximum Gasteiger partial charge on any atom is 0.416 e. The summed E-state index contributed by atoms with van der Waals surface area (Å²) in [6.07, 6.45) is -3.01. The lowest BCUT2D eigenvalue weighted by Crippen LogP contribution is -2.05. The molecule has 0 radical (unpaired) electrons. The smallest absolute Gasteiger partial charge is 0.364 e. The quantitative estimate of drug-likeness (QED) is 0.742. The molecular weight excluding hydrogens is 219 g/mol. The number of rotatable bonds is 1. The van der Waals surface area contributed by atoms with E-state index in [1.807, 2.05) is 0 Å². The summed E-state index contributed by atoms with van der Waals surface area (Å²) in [6.45, 7) is 1.73. The third-order valence-electron chi connectivity index (χ3n) is 2.28. The van der Waals surface area contributed by atoms with Gasteiger partial charge in [0.05, 0.1) is 5.56 Å². The van der Waals surface area contributed by atoms with E-state index in [0.29, 0.717) is 11.3 Å². The zero-order chi connectivity index (χ0) is 11.8. The van der Waals surface area contributed by atoms with Crippen molar-refractivity contribution >= 4 is 0 Å². The normalized spacial score (nSPS) is 11.8. The molecule has 0 amide bonds. The minimum atomic E-state index is -4.34. The zero-order valence-electron chi connectivity index (χ0n) is 8.38. The van der Waals surface area contributed by atoms with E-state index in [2.05, 4.69) is 9.68 Å². The van der Waals surface area contributed by atoms with Gasteiger partial charge < -0.3 is 4.52 Å². The van der Waals surface area contributed by atoms with Crippen molar-refractivity contribution < 1.29 is 17.7 Å². The van der Waals surface area contributed by atoms with E-state index in [4.69, 9.17) is 0 Å². The van der Waals surface area contributed by atoms with Crippen molar-refractivity contribution in [3.8, 4) is 11.3 Å². The van der Waals surface area contributed by atoms with Gasteiger partial charge in [0.2, 0.25) is 0 Å². The van der Waals surface area contributed by atoms with Gasteiger partial charge in [0, 0.05) is 11.6 Å². The maximum atomic E-state index is 12.5. The Morgan fingerprint density at radius 1 is 1.19 bits per heavy atom. The Labute approximate surface area is 89.7 Å². The molecule has 0 bridgehead atoms. The topological polar surface area (TPSA) is 26.0 Å². The summed E-state index contributed by atoms with van der Waals surface area (Å²) in [6, 6.07) is 5.08. The van der Waals surface area contributed by atoms with Gasteiger partial charge in [-0.1, -0.05) is 11.2 Å². The first-order valence-electron chi connectivity index (χ1n) is 4.57. The van der Waals surface area contributed by atoms with E-state index in [9.17, 15) is 13.2 Å². The molecule has 84 valence electrons. The van der Waals surface area contributed by atoms with Crippen molar-refractivity contribution in [1.82, 2.24) is 5.16 Å². The second-order valence-corrected chi connectivity index (χ2v) is 3.41. The lowest BCUT2D eigenvalue weighted by atomic mass is 10.0. The van der Waals surface area contributed by atoms with Crippen LogP contribution in [0.2, 0.25) is 0 Å². The first kappa shape index (κ1) is 10.7. The molecule has 0 aliphatic heterocycles. The lowest BCUT2D eigenvalue weighted by Gasteiger charge is -2.09. The monoisotopic (exact) mass is 227 g/mol. The van der Waals surface area contributed by atoms with Gasteiger partial charge in [0.15, 0.2) is 0 Å². The average Bonchev–Trinajstić information content (AvgIpc) is 2.69. The fourth-order valence-electron chi connectivity index (χ4n) is 1.43. The number of hydrogen-bond acceptors (Lipinski definition) is 2. The van der Waals surface area contributed by atoms with E-state index in [0.717, 1.165) is 17.7 Å². The molecule has 0 saturated heterocycles. The van der Waals surface area contributed by atoms with Crippen LogP contribution in [0.3, 0.4) is 0 Å². The molecule has 5 heteroatoms. The molecule has 1 aromatic heterocycles. The molecule has 0 unspecified atom stereocenters. The van der Waals surface area contributed by atoms with E-state index in [1.54, 1.807) is 6.92 Å². The Bertz CT molecular complexity index is 488. The molecule has 2 aromatic rings. The molecule has 2 rings (SSSR count). The van der Waals surface area contributed by atoms with Crippen LogP contribution in [-0.4, -0.2) is 5.16 Å². The minimum Gasteiger partial charge on any atom is -0.364 e. The predicted molar refractivity (Wildman–Crippen MR) is 51.7 cm³/mol. The molecule has 0 atom stereocenters. The van der Waals surface area contributed by atoms with Crippen molar-refractivity contribution in [2.45, 2.75) is 13.1 Å². The van der Waals surface area contributed by atoms with Crippen molar-refractivity contribution in [1.29, 1.82) is 0 Å². The molecule has 1 heterocycles. The molecule has 0 spiro atoms. The van der Waals surface area contributed by atoms with Gasteiger partial charge >= 0.3 is 6.18 Å². The number of halogens is 3.